The van der Waals surface area contributed by atoms with E-state index in [9.17, 15) is 9.90 Å². The van der Waals surface area contributed by atoms with Crippen LogP contribution in [0.5, 0.6) is 0 Å². The van der Waals surface area contributed by atoms with Crippen LogP contribution in [0.3, 0.4) is 0 Å². The Labute approximate surface area is 179 Å². The van der Waals surface area contributed by atoms with Crippen molar-refractivity contribution in [3.05, 3.63) is 56.3 Å². The molecule has 0 saturated heterocycles. The van der Waals surface area contributed by atoms with Crippen molar-refractivity contribution < 1.29 is 9.90 Å². The van der Waals surface area contributed by atoms with Crippen molar-refractivity contribution in [2.75, 3.05) is 0 Å². The van der Waals surface area contributed by atoms with Gasteiger partial charge < -0.3 is 14.6 Å². The van der Waals surface area contributed by atoms with E-state index in [1.54, 1.807) is 0 Å². The average Bonchev–Trinajstić information content (AvgIpc) is 3.10. The van der Waals surface area contributed by atoms with Crippen molar-refractivity contribution in [3.63, 3.8) is 0 Å². The molecule has 2 aliphatic rings. The topological polar surface area (TPSA) is 45.5 Å². The van der Waals surface area contributed by atoms with E-state index in [1.165, 1.54) is 0 Å². The maximum Gasteiger partial charge on any atom is 0.256 e. The largest absolute Gasteiger partial charge is 0.393 e. The second-order valence-electron chi connectivity index (χ2n) is 8.31. The van der Waals surface area contributed by atoms with Gasteiger partial charge in [-0.25, -0.2) is 0 Å². The minimum Gasteiger partial charge on any atom is -0.393 e. The average molecular weight is 466 g/mol. The van der Waals surface area contributed by atoms with Gasteiger partial charge in [0, 0.05) is 17.1 Å². The highest BCUT2D eigenvalue weighted by Crippen LogP contribution is 2.46. The first-order chi connectivity index (χ1) is 13.3. The summed E-state index contributed by atoms with van der Waals surface area (Å²) in [6.45, 7) is 6.34. The smallest absolute Gasteiger partial charge is 0.256 e. The highest BCUT2D eigenvalue weighted by molar-refractivity contribution is 9.10. The minimum absolute atomic E-state index is 0.0934. The monoisotopic (exact) mass is 464 g/mol. The molecule has 4 rings (SSSR count). The number of hydrogen-bond donors (Lipinski definition) is 1. The van der Waals surface area contributed by atoms with E-state index in [2.05, 4.69) is 52.2 Å². The lowest BCUT2D eigenvalue weighted by Gasteiger charge is -2.38. The minimum atomic E-state index is -0.245. The Morgan fingerprint density at radius 1 is 1.18 bits per heavy atom. The van der Waals surface area contributed by atoms with Crippen molar-refractivity contribution in [1.82, 2.24) is 9.47 Å². The standard InChI is InChI=1S/C22H26BrClN2O2/c1-12(2)25-19(23)11-18-21(25)20(17-9-4-14(24)10-13(17)3)26(22(18)28)15-5-7-16(27)8-6-15/h4,9-12,15-16,20,27H,5-8H2,1-3H3. The van der Waals surface area contributed by atoms with Crippen LogP contribution in [-0.4, -0.2) is 32.6 Å². The number of amides is 1. The number of halogens is 2. The number of carbonyl (C=O) groups is 1. The molecule has 1 aliphatic heterocycles. The molecule has 1 amide bonds. The third kappa shape index (κ3) is 3.21. The zero-order valence-electron chi connectivity index (χ0n) is 16.5. The number of aryl methyl sites for hydroxylation is 1. The van der Waals surface area contributed by atoms with Gasteiger partial charge in [-0.2, -0.15) is 0 Å². The summed E-state index contributed by atoms with van der Waals surface area (Å²) < 4.78 is 3.17. The highest BCUT2D eigenvalue weighted by atomic mass is 79.9. The molecule has 1 aromatic carbocycles. The molecule has 1 fully saturated rings. The summed E-state index contributed by atoms with van der Waals surface area (Å²) in [5, 5.41) is 10.7. The van der Waals surface area contributed by atoms with Gasteiger partial charge in [-0.05, 0) is 91.7 Å². The first-order valence-corrected chi connectivity index (χ1v) is 11.1. The molecule has 4 nitrogen and oxygen atoms in total. The van der Waals surface area contributed by atoms with Crippen LogP contribution in [0.15, 0.2) is 28.9 Å². The van der Waals surface area contributed by atoms with E-state index in [4.69, 9.17) is 11.6 Å². The van der Waals surface area contributed by atoms with Gasteiger partial charge in [-0.3, -0.25) is 4.79 Å². The van der Waals surface area contributed by atoms with Gasteiger partial charge in [0.25, 0.3) is 5.91 Å². The Bertz CT molecular complexity index is 916. The summed E-state index contributed by atoms with van der Waals surface area (Å²) in [5.74, 6) is 0.0934. The Morgan fingerprint density at radius 3 is 2.46 bits per heavy atom. The van der Waals surface area contributed by atoms with Crippen molar-refractivity contribution in [2.45, 2.75) is 70.7 Å². The molecule has 1 aliphatic carbocycles. The molecule has 1 atom stereocenters. The number of aromatic nitrogens is 1. The number of fused-ring (bicyclic) bond motifs is 1. The maximum absolute atomic E-state index is 13.5. The van der Waals surface area contributed by atoms with Crippen LogP contribution in [0, 0.1) is 6.92 Å². The molecule has 150 valence electrons. The van der Waals surface area contributed by atoms with Crippen LogP contribution in [0.4, 0.5) is 0 Å². The summed E-state index contributed by atoms with van der Waals surface area (Å²) in [4.78, 5) is 15.6. The van der Waals surface area contributed by atoms with E-state index in [0.29, 0.717) is 5.02 Å². The molecule has 28 heavy (non-hydrogen) atoms. The number of benzene rings is 1. The Hall–Kier alpha value is -1.30. The molecular formula is C22H26BrClN2O2. The number of carbonyl (C=O) groups excluding carboxylic acids is 1. The summed E-state index contributed by atoms with van der Waals surface area (Å²) in [7, 11) is 0. The van der Waals surface area contributed by atoms with Gasteiger partial charge in [0.2, 0.25) is 0 Å². The number of nitrogens with zero attached hydrogens (tertiary/aromatic N) is 2. The Balaban J connectivity index is 1.87. The maximum atomic E-state index is 13.5. The van der Waals surface area contributed by atoms with E-state index in [-0.39, 0.29) is 30.1 Å². The lowest BCUT2D eigenvalue weighted by Crippen LogP contribution is -2.42. The molecule has 1 unspecified atom stereocenters. The van der Waals surface area contributed by atoms with Crippen LogP contribution < -0.4 is 0 Å². The van der Waals surface area contributed by atoms with Crippen LogP contribution >= 0.6 is 27.5 Å². The molecule has 1 aromatic heterocycles. The number of hydrogen-bond acceptors (Lipinski definition) is 2. The molecule has 2 heterocycles. The molecule has 0 spiro atoms. The Morgan fingerprint density at radius 2 is 1.86 bits per heavy atom. The zero-order chi connectivity index (χ0) is 20.2. The zero-order valence-corrected chi connectivity index (χ0v) is 18.8. The number of aliphatic hydroxyl groups excluding tert-OH is 1. The SMILES string of the molecule is Cc1cc(Cl)ccc1C1c2c(cc(Br)n2C(C)C)C(=O)N1C1CCC(O)CC1. The third-order valence-corrected chi connectivity index (χ3v) is 6.98. The quantitative estimate of drug-likeness (QED) is 0.637. The normalized spacial score (nSPS) is 24.9. The van der Waals surface area contributed by atoms with Crippen LogP contribution in [-0.2, 0) is 0 Å². The van der Waals surface area contributed by atoms with Gasteiger partial charge in [-0.1, -0.05) is 17.7 Å². The third-order valence-electron chi connectivity index (χ3n) is 6.13. The first-order valence-electron chi connectivity index (χ1n) is 9.97. The van der Waals surface area contributed by atoms with E-state index in [0.717, 1.165) is 52.7 Å². The van der Waals surface area contributed by atoms with Crippen molar-refractivity contribution in [2.24, 2.45) is 0 Å². The van der Waals surface area contributed by atoms with Gasteiger partial charge in [0.1, 0.15) is 0 Å². The molecule has 0 radical (unpaired) electrons. The summed E-state index contributed by atoms with van der Waals surface area (Å²) >= 11 is 9.88. The first kappa shape index (κ1) is 20.0. The summed E-state index contributed by atoms with van der Waals surface area (Å²) in [6, 6.07) is 8.15. The van der Waals surface area contributed by atoms with Crippen molar-refractivity contribution in [1.29, 1.82) is 0 Å². The van der Waals surface area contributed by atoms with E-state index >= 15 is 0 Å². The van der Waals surface area contributed by atoms with Crippen molar-refractivity contribution >= 4 is 33.4 Å². The fourth-order valence-electron chi connectivity index (χ4n) is 4.83. The summed E-state index contributed by atoms with van der Waals surface area (Å²) in [5.41, 5.74) is 4.05. The Kier molecular flexibility index (Phi) is 5.36. The van der Waals surface area contributed by atoms with E-state index < -0.39 is 0 Å². The van der Waals surface area contributed by atoms with Gasteiger partial charge >= 0.3 is 0 Å². The number of aliphatic hydroxyl groups is 1. The molecular weight excluding hydrogens is 440 g/mol. The predicted molar refractivity (Wildman–Crippen MR) is 115 cm³/mol. The predicted octanol–water partition coefficient (Wildman–Crippen LogP) is 5.64. The molecule has 1 saturated carbocycles. The second kappa shape index (κ2) is 7.51. The molecule has 2 aromatic rings. The number of rotatable bonds is 3. The molecule has 1 N–H and O–H groups in total. The fraction of sp³-hybridized carbons (Fsp3) is 0.500. The fourth-order valence-corrected chi connectivity index (χ4v) is 5.88. The van der Waals surface area contributed by atoms with E-state index in [1.807, 2.05) is 18.2 Å². The molecule has 0 bridgehead atoms. The second-order valence-corrected chi connectivity index (χ2v) is 9.56. The van der Waals surface area contributed by atoms with Gasteiger partial charge in [0.05, 0.1) is 28.0 Å². The van der Waals surface area contributed by atoms with Crippen LogP contribution in [0.25, 0.3) is 0 Å². The summed E-state index contributed by atoms with van der Waals surface area (Å²) in [6.07, 6.45) is 2.93. The van der Waals surface area contributed by atoms with Gasteiger partial charge in [0.15, 0.2) is 0 Å². The lowest BCUT2D eigenvalue weighted by molar-refractivity contribution is 0.0457. The van der Waals surface area contributed by atoms with Crippen LogP contribution in [0.2, 0.25) is 5.02 Å². The highest BCUT2D eigenvalue weighted by Gasteiger charge is 2.45. The van der Waals surface area contributed by atoms with Gasteiger partial charge in [-0.15, -0.1) is 0 Å². The van der Waals surface area contributed by atoms with Crippen molar-refractivity contribution in [3.8, 4) is 0 Å². The van der Waals surface area contributed by atoms with Crippen LogP contribution in [0.1, 0.15) is 78.8 Å². The lowest BCUT2D eigenvalue weighted by atomic mass is 9.90. The molecule has 6 heteroatoms.